The molecule has 2 aromatic carbocycles. The van der Waals surface area contributed by atoms with Crippen LogP contribution in [0.3, 0.4) is 0 Å². The number of nitrogens with zero attached hydrogens (tertiary/aromatic N) is 1. The molecule has 3 aromatic rings. The number of para-hydroxylation sites is 1. The summed E-state index contributed by atoms with van der Waals surface area (Å²) < 4.78 is 13.1. The average Bonchev–Trinajstić information content (AvgIpc) is 2.51. The molecule has 21 heavy (non-hydrogen) atoms. The van der Waals surface area contributed by atoms with Crippen molar-refractivity contribution in [2.75, 3.05) is 0 Å². The molecule has 4 heteroatoms. The van der Waals surface area contributed by atoms with Gasteiger partial charge in [0.25, 0.3) is 0 Å². The van der Waals surface area contributed by atoms with Gasteiger partial charge in [-0.2, -0.15) is 0 Å². The third kappa shape index (κ3) is 3.38. The Morgan fingerprint density at radius 1 is 1.00 bits per heavy atom. The van der Waals surface area contributed by atoms with Crippen LogP contribution in [-0.2, 0) is 13.1 Å². The zero-order valence-corrected chi connectivity index (χ0v) is 12.1. The number of benzene rings is 2. The minimum absolute atomic E-state index is 0.151. The Labute approximate surface area is 127 Å². The van der Waals surface area contributed by atoms with Crippen molar-refractivity contribution < 1.29 is 4.39 Å². The summed E-state index contributed by atoms with van der Waals surface area (Å²) in [5.41, 5.74) is 2.91. The molecule has 1 aromatic heterocycles. The Kier molecular flexibility index (Phi) is 4.13. The van der Waals surface area contributed by atoms with E-state index < -0.39 is 5.82 Å². The Bertz CT molecular complexity index is 774. The monoisotopic (exact) mass is 300 g/mol. The summed E-state index contributed by atoms with van der Waals surface area (Å²) in [6.07, 6.45) is 0. The predicted octanol–water partition coefficient (Wildman–Crippen LogP) is 4.32. The van der Waals surface area contributed by atoms with Crippen LogP contribution in [0.1, 0.15) is 11.3 Å². The zero-order chi connectivity index (χ0) is 14.7. The lowest BCUT2D eigenvalue weighted by Crippen LogP contribution is -2.13. The summed E-state index contributed by atoms with van der Waals surface area (Å²) in [4.78, 5) is 4.59. The number of halogens is 2. The van der Waals surface area contributed by atoms with Crippen molar-refractivity contribution in [2.45, 2.75) is 13.1 Å². The van der Waals surface area contributed by atoms with E-state index in [2.05, 4.69) is 16.4 Å². The van der Waals surface area contributed by atoms with Crippen LogP contribution >= 0.6 is 11.6 Å². The molecule has 0 fully saturated rings. The van der Waals surface area contributed by atoms with Gasteiger partial charge in [0.1, 0.15) is 5.82 Å². The first-order chi connectivity index (χ1) is 10.2. The molecule has 0 radical (unpaired) electrons. The predicted molar refractivity (Wildman–Crippen MR) is 83.7 cm³/mol. The first-order valence-corrected chi connectivity index (χ1v) is 7.09. The van der Waals surface area contributed by atoms with E-state index in [1.54, 1.807) is 12.1 Å². The Morgan fingerprint density at radius 3 is 2.71 bits per heavy atom. The largest absolute Gasteiger partial charge is 0.307 e. The van der Waals surface area contributed by atoms with Crippen LogP contribution in [-0.4, -0.2) is 4.98 Å². The van der Waals surface area contributed by atoms with Gasteiger partial charge in [0.15, 0.2) is 0 Å². The molecule has 0 aliphatic carbocycles. The molecular weight excluding hydrogens is 287 g/mol. The van der Waals surface area contributed by atoms with Crippen LogP contribution in [0.2, 0.25) is 5.02 Å². The van der Waals surface area contributed by atoms with E-state index in [9.17, 15) is 4.39 Å². The third-order valence-corrected chi connectivity index (χ3v) is 3.56. The van der Waals surface area contributed by atoms with Crippen molar-refractivity contribution in [1.82, 2.24) is 10.3 Å². The molecule has 106 valence electrons. The first-order valence-electron chi connectivity index (χ1n) is 6.72. The van der Waals surface area contributed by atoms with Gasteiger partial charge in [-0.1, -0.05) is 41.9 Å². The van der Waals surface area contributed by atoms with Gasteiger partial charge in [0, 0.05) is 18.5 Å². The minimum Gasteiger partial charge on any atom is -0.307 e. The minimum atomic E-state index is -0.392. The molecular formula is C17H14ClFN2. The van der Waals surface area contributed by atoms with Gasteiger partial charge < -0.3 is 5.32 Å². The van der Waals surface area contributed by atoms with Gasteiger partial charge in [-0.15, -0.1) is 0 Å². The van der Waals surface area contributed by atoms with E-state index in [4.69, 9.17) is 11.6 Å². The first kappa shape index (κ1) is 14.0. The second-order valence-corrected chi connectivity index (χ2v) is 5.25. The van der Waals surface area contributed by atoms with Crippen molar-refractivity contribution >= 4 is 22.5 Å². The van der Waals surface area contributed by atoms with Crippen molar-refractivity contribution in [3.63, 3.8) is 0 Å². The summed E-state index contributed by atoms with van der Waals surface area (Å²) in [6.45, 7) is 1.27. The molecule has 0 bridgehead atoms. The molecule has 0 aliphatic heterocycles. The lowest BCUT2D eigenvalue weighted by molar-refractivity contribution is 0.625. The Hall–Kier alpha value is -1.97. The van der Waals surface area contributed by atoms with Gasteiger partial charge in [0.05, 0.1) is 16.2 Å². The van der Waals surface area contributed by atoms with E-state index in [-0.39, 0.29) is 5.02 Å². The Balaban J connectivity index is 1.64. The lowest BCUT2D eigenvalue weighted by Gasteiger charge is -2.06. The maximum Gasteiger partial charge on any atom is 0.141 e. The quantitative estimate of drug-likeness (QED) is 0.776. The van der Waals surface area contributed by atoms with Gasteiger partial charge in [0.2, 0.25) is 0 Å². The van der Waals surface area contributed by atoms with Gasteiger partial charge >= 0.3 is 0 Å². The topological polar surface area (TPSA) is 24.9 Å². The highest BCUT2D eigenvalue weighted by atomic mass is 35.5. The molecule has 0 unspecified atom stereocenters. The molecule has 0 spiro atoms. The van der Waals surface area contributed by atoms with E-state index in [1.807, 2.05) is 30.3 Å². The maximum absolute atomic E-state index is 13.1. The number of nitrogens with one attached hydrogen (secondary N) is 1. The molecule has 0 saturated carbocycles. The van der Waals surface area contributed by atoms with Crippen LogP contribution in [0.5, 0.6) is 0 Å². The standard InChI is InChI=1S/C17H14ClFN2/c18-15-9-12(5-8-16(15)19)10-20-11-14-7-6-13-3-1-2-4-17(13)21-14/h1-9,20H,10-11H2. The van der Waals surface area contributed by atoms with Gasteiger partial charge in [-0.25, -0.2) is 4.39 Å². The smallest absolute Gasteiger partial charge is 0.141 e. The van der Waals surface area contributed by atoms with Crippen LogP contribution in [0.15, 0.2) is 54.6 Å². The second kappa shape index (κ2) is 6.20. The summed E-state index contributed by atoms with van der Waals surface area (Å²) in [6, 6.07) is 16.8. The highest BCUT2D eigenvalue weighted by molar-refractivity contribution is 6.30. The molecule has 0 aliphatic rings. The van der Waals surface area contributed by atoms with E-state index in [0.29, 0.717) is 13.1 Å². The van der Waals surface area contributed by atoms with Crippen molar-refractivity contribution in [3.8, 4) is 0 Å². The molecule has 1 heterocycles. The molecule has 2 nitrogen and oxygen atoms in total. The molecule has 3 rings (SSSR count). The number of pyridine rings is 1. The zero-order valence-electron chi connectivity index (χ0n) is 11.3. The van der Waals surface area contributed by atoms with Crippen LogP contribution in [0.25, 0.3) is 10.9 Å². The number of fused-ring (bicyclic) bond motifs is 1. The molecule has 0 saturated heterocycles. The highest BCUT2D eigenvalue weighted by Crippen LogP contribution is 2.16. The van der Waals surface area contributed by atoms with E-state index >= 15 is 0 Å². The van der Waals surface area contributed by atoms with Crippen molar-refractivity contribution in [3.05, 3.63) is 76.7 Å². The van der Waals surface area contributed by atoms with E-state index in [0.717, 1.165) is 22.2 Å². The third-order valence-electron chi connectivity index (χ3n) is 3.28. The average molecular weight is 301 g/mol. The molecule has 1 N–H and O–H groups in total. The Morgan fingerprint density at radius 2 is 1.86 bits per heavy atom. The number of hydrogen-bond donors (Lipinski definition) is 1. The second-order valence-electron chi connectivity index (χ2n) is 4.85. The van der Waals surface area contributed by atoms with Crippen LogP contribution in [0, 0.1) is 5.82 Å². The summed E-state index contributed by atoms with van der Waals surface area (Å²) in [5, 5.41) is 4.57. The lowest BCUT2D eigenvalue weighted by atomic mass is 10.2. The normalized spacial score (nSPS) is 11.0. The van der Waals surface area contributed by atoms with Gasteiger partial charge in [-0.3, -0.25) is 4.98 Å². The fourth-order valence-electron chi connectivity index (χ4n) is 2.19. The highest BCUT2D eigenvalue weighted by Gasteiger charge is 2.02. The fourth-order valence-corrected chi connectivity index (χ4v) is 2.39. The van der Waals surface area contributed by atoms with E-state index in [1.165, 1.54) is 6.07 Å². The maximum atomic E-state index is 13.1. The fraction of sp³-hybridized carbons (Fsp3) is 0.118. The van der Waals surface area contributed by atoms with Crippen molar-refractivity contribution in [1.29, 1.82) is 0 Å². The number of rotatable bonds is 4. The SMILES string of the molecule is Fc1ccc(CNCc2ccc3ccccc3n2)cc1Cl. The summed E-state index contributed by atoms with van der Waals surface area (Å²) in [5.74, 6) is -0.392. The number of aromatic nitrogens is 1. The summed E-state index contributed by atoms with van der Waals surface area (Å²) >= 11 is 5.76. The molecule has 0 amide bonds. The van der Waals surface area contributed by atoms with Crippen LogP contribution < -0.4 is 5.32 Å². The number of hydrogen-bond acceptors (Lipinski definition) is 2. The van der Waals surface area contributed by atoms with Crippen LogP contribution in [0.4, 0.5) is 4.39 Å². The summed E-state index contributed by atoms with van der Waals surface area (Å²) in [7, 11) is 0. The molecule has 0 atom stereocenters. The van der Waals surface area contributed by atoms with Crippen molar-refractivity contribution in [2.24, 2.45) is 0 Å². The van der Waals surface area contributed by atoms with Gasteiger partial charge in [-0.05, 0) is 29.8 Å².